The van der Waals surface area contributed by atoms with Crippen LogP contribution >= 0.6 is 11.8 Å². The molecule has 3 N–H and O–H groups in total. The molecule has 0 aliphatic heterocycles. The number of nitrogen functional groups attached to an aromatic ring is 1. The second-order valence-corrected chi connectivity index (χ2v) is 6.77. The minimum Gasteiger partial charge on any atom is -0.384 e. The zero-order valence-electron chi connectivity index (χ0n) is 11.9. The minimum absolute atomic E-state index is 0.00401. The molecule has 0 unspecified atom stereocenters. The normalized spacial score (nSPS) is 11.6. The first-order valence-corrected chi connectivity index (χ1v) is 7.64. The van der Waals surface area contributed by atoms with Gasteiger partial charge in [0.25, 0.3) is 5.91 Å². The maximum absolute atomic E-state index is 12.4. The molecule has 0 radical (unpaired) electrons. The SMILES string of the molecule is CSC(C)(C)CNC(=O)c1cc(N)nc2ccccc12. The van der Waals surface area contributed by atoms with E-state index < -0.39 is 0 Å². The number of carbonyl (C=O) groups excluding carboxylic acids is 1. The lowest BCUT2D eigenvalue weighted by Crippen LogP contribution is -2.36. The molecule has 0 fully saturated rings. The van der Waals surface area contributed by atoms with Crippen molar-refractivity contribution in [1.29, 1.82) is 0 Å². The van der Waals surface area contributed by atoms with Crippen LogP contribution in [0.2, 0.25) is 0 Å². The molecule has 2 aromatic rings. The number of para-hydroxylation sites is 1. The number of hydrogen-bond donors (Lipinski definition) is 2. The van der Waals surface area contributed by atoms with Crippen molar-refractivity contribution in [2.75, 3.05) is 18.5 Å². The van der Waals surface area contributed by atoms with E-state index in [0.717, 1.165) is 10.9 Å². The number of benzene rings is 1. The van der Waals surface area contributed by atoms with Crippen molar-refractivity contribution < 1.29 is 4.79 Å². The van der Waals surface area contributed by atoms with Crippen LogP contribution in [-0.4, -0.2) is 28.4 Å². The van der Waals surface area contributed by atoms with Crippen LogP contribution in [0, 0.1) is 0 Å². The second kappa shape index (κ2) is 5.71. The molecule has 5 heteroatoms. The van der Waals surface area contributed by atoms with Crippen LogP contribution in [0.4, 0.5) is 5.82 Å². The molecular formula is C15H19N3OS. The zero-order valence-corrected chi connectivity index (χ0v) is 12.8. The van der Waals surface area contributed by atoms with Crippen molar-refractivity contribution in [3.05, 3.63) is 35.9 Å². The summed E-state index contributed by atoms with van der Waals surface area (Å²) in [5, 5.41) is 3.79. The number of anilines is 1. The van der Waals surface area contributed by atoms with Gasteiger partial charge in [-0.3, -0.25) is 4.79 Å². The molecule has 0 saturated heterocycles. The highest BCUT2D eigenvalue weighted by Gasteiger charge is 2.19. The fraction of sp³-hybridized carbons (Fsp3) is 0.333. The Morgan fingerprint density at radius 2 is 2.10 bits per heavy atom. The molecule has 0 spiro atoms. The molecule has 20 heavy (non-hydrogen) atoms. The largest absolute Gasteiger partial charge is 0.384 e. The summed E-state index contributed by atoms with van der Waals surface area (Å²) < 4.78 is 0.00401. The molecule has 0 aliphatic rings. The highest BCUT2D eigenvalue weighted by molar-refractivity contribution is 7.99. The third-order valence-corrected chi connectivity index (χ3v) is 4.46. The van der Waals surface area contributed by atoms with Crippen LogP contribution in [0.3, 0.4) is 0 Å². The van der Waals surface area contributed by atoms with Gasteiger partial charge >= 0.3 is 0 Å². The molecular weight excluding hydrogens is 270 g/mol. The van der Waals surface area contributed by atoms with Crippen LogP contribution in [-0.2, 0) is 0 Å². The molecule has 0 atom stereocenters. The maximum Gasteiger partial charge on any atom is 0.252 e. The monoisotopic (exact) mass is 289 g/mol. The third kappa shape index (κ3) is 3.22. The van der Waals surface area contributed by atoms with Gasteiger partial charge in [0.05, 0.1) is 11.1 Å². The molecule has 4 nitrogen and oxygen atoms in total. The summed E-state index contributed by atoms with van der Waals surface area (Å²) in [6, 6.07) is 9.14. The number of nitrogens with two attached hydrogens (primary N) is 1. The Morgan fingerprint density at radius 1 is 1.40 bits per heavy atom. The number of aromatic nitrogens is 1. The number of nitrogens with zero attached hydrogens (tertiary/aromatic N) is 1. The average molecular weight is 289 g/mol. The van der Waals surface area contributed by atoms with E-state index in [9.17, 15) is 4.79 Å². The third-order valence-electron chi connectivity index (χ3n) is 3.21. The summed E-state index contributed by atoms with van der Waals surface area (Å²) in [6.07, 6.45) is 2.03. The number of carbonyl (C=O) groups is 1. The van der Waals surface area contributed by atoms with Gasteiger partial charge in [0.15, 0.2) is 0 Å². The molecule has 106 valence electrons. The summed E-state index contributed by atoms with van der Waals surface area (Å²) in [5.41, 5.74) is 7.09. The lowest BCUT2D eigenvalue weighted by Gasteiger charge is -2.22. The Morgan fingerprint density at radius 3 is 2.80 bits per heavy atom. The highest BCUT2D eigenvalue weighted by Crippen LogP contribution is 2.22. The first-order valence-electron chi connectivity index (χ1n) is 6.41. The Balaban J connectivity index is 2.30. The number of nitrogens with one attached hydrogen (secondary N) is 1. The fourth-order valence-electron chi connectivity index (χ4n) is 1.84. The van der Waals surface area contributed by atoms with Gasteiger partial charge < -0.3 is 11.1 Å². The molecule has 0 aliphatic carbocycles. The molecule has 2 rings (SSSR count). The van der Waals surface area contributed by atoms with Crippen LogP contribution in [0.15, 0.2) is 30.3 Å². The predicted octanol–water partition coefficient (Wildman–Crippen LogP) is 2.69. The van der Waals surface area contributed by atoms with Crippen molar-refractivity contribution in [1.82, 2.24) is 10.3 Å². The van der Waals surface area contributed by atoms with Crippen LogP contribution in [0.5, 0.6) is 0 Å². The van der Waals surface area contributed by atoms with Crippen molar-refractivity contribution in [3.8, 4) is 0 Å². The first kappa shape index (κ1) is 14.7. The van der Waals surface area contributed by atoms with Gasteiger partial charge in [0.1, 0.15) is 5.82 Å². The van der Waals surface area contributed by atoms with Crippen molar-refractivity contribution >= 4 is 34.4 Å². The van der Waals surface area contributed by atoms with Crippen LogP contribution in [0.1, 0.15) is 24.2 Å². The zero-order chi connectivity index (χ0) is 14.8. The molecule has 0 bridgehead atoms. The van der Waals surface area contributed by atoms with Gasteiger partial charge in [-0.05, 0) is 32.2 Å². The smallest absolute Gasteiger partial charge is 0.252 e. The standard InChI is InChI=1S/C15H19N3OS/c1-15(2,20-3)9-17-14(19)11-8-13(16)18-12-7-5-4-6-10(11)12/h4-8H,9H2,1-3H3,(H2,16,18)(H,17,19). The predicted molar refractivity (Wildman–Crippen MR) is 86.1 cm³/mol. The summed E-state index contributed by atoms with van der Waals surface area (Å²) in [5.74, 6) is 0.246. The Labute approximate surface area is 123 Å². The molecule has 1 amide bonds. The molecule has 1 heterocycles. The van der Waals surface area contributed by atoms with Gasteiger partial charge in [-0.1, -0.05) is 18.2 Å². The molecule has 1 aromatic carbocycles. The lowest BCUT2D eigenvalue weighted by molar-refractivity contribution is 0.0952. The summed E-state index contributed by atoms with van der Waals surface area (Å²) in [6.45, 7) is 4.79. The molecule has 1 aromatic heterocycles. The summed E-state index contributed by atoms with van der Waals surface area (Å²) in [4.78, 5) is 16.6. The second-order valence-electron chi connectivity index (χ2n) is 5.26. The van der Waals surface area contributed by atoms with E-state index in [-0.39, 0.29) is 10.7 Å². The van der Waals surface area contributed by atoms with E-state index in [0.29, 0.717) is 17.9 Å². The first-order chi connectivity index (χ1) is 9.43. The van der Waals surface area contributed by atoms with Crippen molar-refractivity contribution in [3.63, 3.8) is 0 Å². The Kier molecular flexibility index (Phi) is 4.18. The van der Waals surface area contributed by atoms with Gasteiger partial charge in [0, 0.05) is 16.7 Å². The fourth-order valence-corrected chi connectivity index (χ4v) is 2.06. The van der Waals surface area contributed by atoms with E-state index in [1.165, 1.54) is 0 Å². The summed E-state index contributed by atoms with van der Waals surface area (Å²) >= 11 is 1.72. The maximum atomic E-state index is 12.4. The highest BCUT2D eigenvalue weighted by atomic mass is 32.2. The van der Waals surface area contributed by atoms with E-state index in [2.05, 4.69) is 24.1 Å². The van der Waals surface area contributed by atoms with E-state index >= 15 is 0 Å². The van der Waals surface area contributed by atoms with Gasteiger partial charge in [-0.25, -0.2) is 4.98 Å². The van der Waals surface area contributed by atoms with Crippen LogP contribution in [0.25, 0.3) is 10.9 Å². The quantitative estimate of drug-likeness (QED) is 0.908. The Bertz CT molecular complexity index is 640. The van der Waals surface area contributed by atoms with Crippen LogP contribution < -0.4 is 11.1 Å². The number of thioether (sulfide) groups is 1. The summed E-state index contributed by atoms with van der Waals surface area (Å²) in [7, 11) is 0. The van der Waals surface area contributed by atoms with E-state index in [1.54, 1.807) is 17.8 Å². The van der Waals surface area contributed by atoms with E-state index in [1.807, 2.05) is 30.5 Å². The van der Waals surface area contributed by atoms with Gasteiger partial charge in [-0.2, -0.15) is 11.8 Å². The molecule has 0 saturated carbocycles. The van der Waals surface area contributed by atoms with Gasteiger partial charge in [-0.15, -0.1) is 0 Å². The number of hydrogen-bond acceptors (Lipinski definition) is 4. The van der Waals surface area contributed by atoms with Crippen molar-refractivity contribution in [2.45, 2.75) is 18.6 Å². The average Bonchev–Trinajstić information content (AvgIpc) is 2.44. The van der Waals surface area contributed by atoms with E-state index in [4.69, 9.17) is 5.73 Å². The minimum atomic E-state index is -0.113. The lowest BCUT2D eigenvalue weighted by atomic mass is 10.1. The van der Waals surface area contributed by atoms with Crippen molar-refractivity contribution in [2.24, 2.45) is 0 Å². The number of pyridine rings is 1. The number of amides is 1. The number of fused-ring (bicyclic) bond motifs is 1. The Hall–Kier alpha value is -1.75. The topological polar surface area (TPSA) is 68.0 Å². The van der Waals surface area contributed by atoms with Gasteiger partial charge in [0.2, 0.25) is 0 Å². The number of rotatable bonds is 4.